The largest absolute Gasteiger partial charge is 0.472 e. The first-order valence-corrected chi connectivity index (χ1v) is 48.8. The van der Waals surface area contributed by atoms with Crippen molar-refractivity contribution in [3.63, 3.8) is 0 Å². The molecule has 17 nitrogen and oxygen atoms in total. The van der Waals surface area contributed by atoms with Crippen molar-refractivity contribution in [2.75, 3.05) is 39.6 Å². The standard InChI is InChI=1S/C89H174O17P2/c1-8-9-10-11-12-13-14-15-16-17-18-19-20-21-26-29-32-38-43-50-58-65-72-88(93)105-84(76-99-86(91)70-63-56-49-42-37-31-28-25-23-22-24-27-30-35-40-46-53-60-67-80(2)3)78-103-107(95,96)101-74-83(90)75-102-108(97,98)104-79-85(77-100-87(92)71-64-57-52-45-48-55-62-69-82(6)7)106-89(94)73-66-59-51-44-39-34-33-36-41-47-54-61-68-81(4)5/h80-85,90H,8-79H2,1-7H3,(H,95,96)(H,97,98)/t83-,84-,85-/m1/s1. The van der Waals surface area contributed by atoms with E-state index in [4.69, 9.17) is 37.0 Å². The second-order valence-electron chi connectivity index (χ2n) is 33.4. The highest BCUT2D eigenvalue weighted by Crippen LogP contribution is 2.45. The van der Waals surface area contributed by atoms with Crippen molar-refractivity contribution in [1.29, 1.82) is 0 Å². The van der Waals surface area contributed by atoms with Crippen molar-refractivity contribution < 1.29 is 80.2 Å². The average molecular weight is 1580 g/mol. The number of aliphatic hydroxyl groups excluding tert-OH is 1. The highest BCUT2D eigenvalue weighted by molar-refractivity contribution is 7.47. The third-order valence-corrected chi connectivity index (χ3v) is 22.8. The summed E-state index contributed by atoms with van der Waals surface area (Å²) in [5.41, 5.74) is 0. The molecule has 2 unspecified atom stereocenters. The van der Waals surface area contributed by atoms with Crippen LogP contribution in [0.5, 0.6) is 0 Å². The Morgan fingerprint density at radius 3 is 0.630 bits per heavy atom. The summed E-state index contributed by atoms with van der Waals surface area (Å²) in [6.07, 6.45) is 71.1. The van der Waals surface area contributed by atoms with Crippen molar-refractivity contribution in [3.05, 3.63) is 0 Å². The van der Waals surface area contributed by atoms with Crippen LogP contribution >= 0.6 is 15.6 Å². The molecule has 0 aromatic rings. The molecule has 0 spiro atoms. The molecule has 0 aliphatic carbocycles. The highest BCUT2D eigenvalue weighted by atomic mass is 31.2. The summed E-state index contributed by atoms with van der Waals surface area (Å²) in [7, 11) is -9.93. The van der Waals surface area contributed by atoms with E-state index in [0.29, 0.717) is 31.6 Å². The Morgan fingerprint density at radius 1 is 0.250 bits per heavy atom. The van der Waals surface area contributed by atoms with E-state index in [1.165, 1.54) is 276 Å². The number of rotatable bonds is 87. The SMILES string of the molecule is CCCCCCCCCCCCCCCCCCCCCCCCC(=O)O[C@H](COC(=O)CCCCCCCCCCCCCCCCCCCCC(C)C)COP(=O)(O)OC[C@@H](O)COP(=O)(O)OC[C@@H](COC(=O)CCCCCCCCCC(C)C)OC(=O)CCCCCCCCCCCCCCC(C)C. The van der Waals surface area contributed by atoms with Crippen LogP contribution in [0, 0.1) is 17.8 Å². The Hall–Kier alpha value is -1.94. The number of unbranched alkanes of at least 4 members (excludes halogenated alkanes) is 55. The second-order valence-corrected chi connectivity index (χ2v) is 36.3. The van der Waals surface area contributed by atoms with Gasteiger partial charge in [-0.1, -0.05) is 421 Å². The number of carbonyl (C=O) groups is 4. The summed E-state index contributed by atoms with van der Waals surface area (Å²) in [4.78, 5) is 73.3. The number of esters is 4. The molecule has 108 heavy (non-hydrogen) atoms. The lowest BCUT2D eigenvalue weighted by atomic mass is 10.0. The normalized spacial score (nSPS) is 13.8. The summed E-state index contributed by atoms with van der Waals surface area (Å²) in [6, 6.07) is 0. The molecule has 0 radical (unpaired) electrons. The van der Waals surface area contributed by atoms with Crippen LogP contribution in [0.4, 0.5) is 0 Å². The van der Waals surface area contributed by atoms with Gasteiger partial charge in [-0.25, -0.2) is 9.13 Å². The Kier molecular flexibility index (Phi) is 77.5. The number of hydrogen-bond donors (Lipinski definition) is 3. The van der Waals surface area contributed by atoms with Crippen molar-refractivity contribution in [2.45, 2.75) is 491 Å². The minimum absolute atomic E-state index is 0.106. The zero-order valence-electron chi connectivity index (χ0n) is 71.3. The van der Waals surface area contributed by atoms with Gasteiger partial charge in [-0.3, -0.25) is 37.3 Å². The number of aliphatic hydroxyl groups is 1. The van der Waals surface area contributed by atoms with Gasteiger partial charge in [0.2, 0.25) is 0 Å². The molecule has 0 heterocycles. The molecule has 0 bridgehead atoms. The van der Waals surface area contributed by atoms with E-state index in [2.05, 4.69) is 48.5 Å². The van der Waals surface area contributed by atoms with Gasteiger partial charge in [0.15, 0.2) is 12.2 Å². The van der Waals surface area contributed by atoms with Crippen LogP contribution in [-0.2, 0) is 65.4 Å². The predicted molar refractivity (Wildman–Crippen MR) is 446 cm³/mol. The zero-order valence-corrected chi connectivity index (χ0v) is 73.1. The summed E-state index contributed by atoms with van der Waals surface area (Å²) in [5, 5.41) is 10.7. The lowest BCUT2D eigenvalue weighted by Gasteiger charge is -2.21. The van der Waals surface area contributed by atoms with Crippen molar-refractivity contribution >= 4 is 39.5 Å². The molecule has 0 aliphatic heterocycles. The van der Waals surface area contributed by atoms with Crippen LogP contribution in [0.1, 0.15) is 472 Å². The lowest BCUT2D eigenvalue weighted by molar-refractivity contribution is -0.161. The van der Waals surface area contributed by atoms with Crippen LogP contribution < -0.4 is 0 Å². The first kappa shape index (κ1) is 106. The number of carbonyl (C=O) groups excluding carboxylic acids is 4. The van der Waals surface area contributed by atoms with Gasteiger partial charge in [-0.15, -0.1) is 0 Å². The van der Waals surface area contributed by atoms with Crippen molar-refractivity contribution in [3.8, 4) is 0 Å². The Balaban J connectivity index is 5.21. The molecule has 0 saturated carbocycles. The highest BCUT2D eigenvalue weighted by Gasteiger charge is 2.31. The third-order valence-electron chi connectivity index (χ3n) is 20.9. The fraction of sp³-hybridized carbons (Fsp3) is 0.955. The van der Waals surface area contributed by atoms with Gasteiger partial charge in [-0.05, 0) is 43.4 Å². The number of phosphoric ester groups is 2. The summed E-state index contributed by atoms with van der Waals surface area (Å²) in [6.45, 7) is 12.0. The Morgan fingerprint density at radius 2 is 0.426 bits per heavy atom. The maximum Gasteiger partial charge on any atom is 0.472 e. The zero-order chi connectivity index (χ0) is 79.3. The van der Waals surface area contributed by atoms with E-state index in [1.54, 1.807) is 0 Å². The monoisotopic (exact) mass is 1580 g/mol. The molecule has 19 heteroatoms. The maximum absolute atomic E-state index is 13.2. The van der Waals surface area contributed by atoms with Crippen LogP contribution in [0.2, 0.25) is 0 Å². The quantitative estimate of drug-likeness (QED) is 0.0222. The molecule has 0 saturated heterocycles. The number of hydrogen-bond acceptors (Lipinski definition) is 15. The van der Waals surface area contributed by atoms with E-state index in [-0.39, 0.29) is 25.7 Å². The van der Waals surface area contributed by atoms with Gasteiger partial charge in [0.25, 0.3) is 0 Å². The molecule has 0 fully saturated rings. The first-order chi connectivity index (χ1) is 52.2. The van der Waals surface area contributed by atoms with Gasteiger partial charge >= 0.3 is 39.5 Å². The van der Waals surface area contributed by atoms with E-state index >= 15 is 0 Å². The Labute approximate surface area is 664 Å². The summed E-state index contributed by atoms with van der Waals surface area (Å²) >= 11 is 0. The van der Waals surface area contributed by atoms with Crippen LogP contribution in [-0.4, -0.2) is 96.7 Å². The molecule has 5 atom stereocenters. The van der Waals surface area contributed by atoms with Gasteiger partial charge in [0, 0.05) is 25.7 Å². The third kappa shape index (κ3) is 82.1. The van der Waals surface area contributed by atoms with E-state index in [1.807, 2.05) is 0 Å². The molecule has 642 valence electrons. The van der Waals surface area contributed by atoms with E-state index in [9.17, 15) is 43.2 Å². The van der Waals surface area contributed by atoms with Gasteiger partial charge in [0.1, 0.15) is 19.3 Å². The second kappa shape index (κ2) is 78.9. The maximum atomic E-state index is 13.2. The van der Waals surface area contributed by atoms with Crippen LogP contribution in [0.25, 0.3) is 0 Å². The van der Waals surface area contributed by atoms with E-state index < -0.39 is 97.5 Å². The summed E-state index contributed by atoms with van der Waals surface area (Å²) in [5.74, 6) is 0.201. The fourth-order valence-corrected chi connectivity index (χ4v) is 15.5. The van der Waals surface area contributed by atoms with Gasteiger partial charge in [-0.2, -0.15) is 0 Å². The molecule has 0 aromatic heterocycles. The minimum atomic E-state index is -4.97. The van der Waals surface area contributed by atoms with Crippen molar-refractivity contribution in [2.24, 2.45) is 17.8 Å². The molecule has 0 aromatic carbocycles. The first-order valence-electron chi connectivity index (χ1n) is 45.8. The number of phosphoric acid groups is 2. The molecule has 3 N–H and O–H groups in total. The molecule has 0 rings (SSSR count). The smallest absolute Gasteiger partial charge is 0.462 e. The van der Waals surface area contributed by atoms with Crippen LogP contribution in [0.15, 0.2) is 0 Å². The molecular weight excluding hydrogens is 1400 g/mol. The van der Waals surface area contributed by atoms with Crippen molar-refractivity contribution in [1.82, 2.24) is 0 Å². The van der Waals surface area contributed by atoms with Gasteiger partial charge in [0.05, 0.1) is 26.4 Å². The Bertz CT molecular complexity index is 2080. The molecule has 0 amide bonds. The van der Waals surface area contributed by atoms with Crippen LogP contribution in [0.3, 0.4) is 0 Å². The molecule has 0 aliphatic rings. The van der Waals surface area contributed by atoms with Gasteiger partial charge < -0.3 is 33.8 Å². The molecular formula is C89H174O17P2. The lowest BCUT2D eigenvalue weighted by Crippen LogP contribution is -2.30. The summed E-state index contributed by atoms with van der Waals surface area (Å²) < 4.78 is 68.9. The predicted octanol–water partition coefficient (Wildman–Crippen LogP) is 27.3. The average Bonchev–Trinajstić information content (AvgIpc) is 0.898. The minimum Gasteiger partial charge on any atom is -0.462 e. The fourth-order valence-electron chi connectivity index (χ4n) is 13.9. The topological polar surface area (TPSA) is 237 Å². The number of ether oxygens (including phenoxy) is 4. The van der Waals surface area contributed by atoms with E-state index in [0.717, 1.165) is 108 Å².